The number of nitrogens with one attached hydrogen (secondary N) is 1. The van der Waals surface area contributed by atoms with Crippen molar-refractivity contribution in [1.82, 2.24) is 0 Å². The number of nitriles is 1. The fraction of sp³-hybridized carbons (Fsp3) is 0.318. The number of anilines is 3. The lowest BCUT2D eigenvalue weighted by Gasteiger charge is -2.34. The minimum atomic E-state index is -0.637. The third-order valence-electron chi connectivity index (χ3n) is 5.82. The summed E-state index contributed by atoms with van der Waals surface area (Å²) in [4.78, 5) is 26.6. The molecular weight excluding hydrogens is 387 g/mol. The van der Waals surface area contributed by atoms with Crippen LogP contribution >= 0.6 is 0 Å². The van der Waals surface area contributed by atoms with Crippen molar-refractivity contribution in [3.8, 4) is 6.07 Å². The van der Waals surface area contributed by atoms with E-state index in [9.17, 15) is 14.0 Å². The molecule has 2 aliphatic rings. The van der Waals surface area contributed by atoms with Crippen LogP contribution in [-0.2, 0) is 9.53 Å². The van der Waals surface area contributed by atoms with Gasteiger partial charge in [0.2, 0.25) is 5.91 Å². The van der Waals surface area contributed by atoms with Gasteiger partial charge in [0.05, 0.1) is 29.6 Å². The zero-order valence-corrected chi connectivity index (χ0v) is 16.2. The lowest BCUT2D eigenvalue weighted by Crippen LogP contribution is -2.41. The van der Waals surface area contributed by atoms with E-state index < -0.39 is 11.7 Å². The molecule has 30 heavy (non-hydrogen) atoms. The molecule has 154 valence electrons. The highest BCUT2D eigenvalue weighted by Gasteiger charge is 2.48. The lowest BCUT2D eigenvalue weighted by atomic mass is 9.78. The van der Waals surface area contributed by atoms with Gasteiger partial charge >= 0.3 is 6.09 Å². The van der Waals surface area contributed by atoms with Gasteiger partial charge in [-0.2, -0.15) is 5.26 Å². The van der Waals surface area contributed by atoms with E-state index >= 15 is 0 Å². The monoisotopic (exact) mass is 408 g/mol. The first kappa shape index (κ1) is 19.7. The van der Waals surface area contributed by atoms with E-state index in [0.717, 1.165) is 0 Å². The van der Waals surface area contributed by atoms with Gasteiger partial charge in [-0.15, -0.1) is 0 Å². The van der Waals surface area contributed by atoms with Gasteiger partial charge in [0.15, 0.2) is 0 Å². The molecule has 2 amide bonds. The van der Waals surface area contributed by atoms with Gasteiger partial charge in [-0.1, -0.05) is 0 Å². The van der Waals surface area contributed by atoms with Crippen LogP contribution in [0.1, 0.15) is 31.2 Å². The molecule has 2 fully saturated rings. The van der Waals surface area contributed by atoms with E-state index in [0.29, 0.717) is 54.9 Å². The summed E-state index contributed by atoms with van der Waals surface area (Å²) >= 11 is 0. The summed E-state index contributed by atoms with van der Waals surface area (Å²) in [5, 5.41) is 11.8. The van der Waals surface area contributed by atoms with Gasteiger partial charge < -0.3 is 15.8 Å². The van der Waals surface area contributed by atoms with Crippen molar-refractivity contribution in [1.29, 1.82) is 5.26 Å². The van der Waals surface area contributed by atoms with Crippen molar-refractivity contribution in [2.45, 2.75) is 31.3 Å². The van der Waals surface area contributed by atoms with E-state index in [1.54, 1.807) is 30.3 Å². The summed E-state index contributed by atoms with van der Waals surface area (Å²) in [6.45, 7) is 0.378. The van der Waals surface area contributed by atoms with Crippen LogP contribution in [0.25, 0.3) is 0 Å². The molecule has 1 heterocycles. The molecular formula is C22H21FN4O3. The van der Waals surface area contributed by atoms with Crippen LogP contribution in [0.4, 0.5) is 26.2 Å². The van der Waals surface area contributed by atoms with E-state index in [-0.39, 0.29) is 17.6 Å². The number of ether oxygens (including phenoxy) is 1. The smallest absolute Gasteiger partial charge is 0.415 e. The number of carbonyl (C=O) groups excluding carboxylic acids is 2. The SMILES string of the molecule is N#Cc1ccc(N)c(NC(=O)C2CCC3(CC2)CN(c2ccc(F)cc2)C(=O)O3)c1. The number of amides is 2. The average Bonchev–Trinajstić information content (AvgIpc) is 3.06. The molecule has 0 unspecified atom stereocenters. The molecule has 4 rings (SSSR count). The number of nitrogens with two attached hydrogens (primary N) is 1. The number of halogens is 1. The van der Waals surface area contributed by atoms with Crippen LogP contribution in [0, 0.1) is 23.1 Å². The van der Waals surface area contributed by atoms with Crippen LogP contribution in [0.3, 0.4) is 0 Å². The normalized spacial score (nSPS) is 23.1. The maximum atomic E-state index is 13.2. The molecule has 8 heteroatoms. The molecule has 1 saturated heterocycles. The van der Waals surface area contributed by atoms with Crippen molar-refractivity contribution < 1.29 is 18.7 Å². The first-order valence-electron chi connectivity index (χ1n) is 9.76. The summed E-state index contributed by atoms with van der Waals surface area (Å²) in [7, 11) is 0. The summed E-state index contributed by atoms with van der Waals surface area (Å²) < 4.78 is 18.9. The Morgan fingerprint density at radius 3 is 2.60 bits per heavy atom. The second-order valence-corrected chi connectivity index (χ2v) is 7.79. The van der Waals surface area contributed by atoms with Crippen LogP contribution in [-0.4, -0.2) is 24.1 Å². The first-order valence-corrected chi connectivity index (χ1v) is 9.76. The number of rotatable bonds is 3. The topological polar surface area (TPSA) is 108 Å². The zero-order valence-electron chi connectivity index (χ0n) is 16.2. The lowest BCUT2D eigenvalue weighted by molar-refractivity contribution is -0.122. The molecule has 1 spiro atoms. The Kier molecular flexibility index (Phi) is 5.04. The second kappa shape index (κ2) is 7.67. The molecule has 2 aromatic carbocycles. The number of carbonyl (C=O) groups is 2. The minimum absolute atomic E-state index is 0.161. The number of nitrogen functional groups attached to an aromatic ring is 1. The van der Waals surface area contributed by atoms with Crippen LogP contribution < -0.4 is 16.0 Å². The summed E-state index contributed by atoms with van der Waals surface area (Å²) in [5.41, 5.74) is 7.09. The largest absolute Gasteiger partial charge is 0.441 e. The fourth-order valence-electron chi connectivity index (χ4n) is 4.08. The molecule has 0 atom stereocenters. The average molecular weight is 408 g/mol. The standard InChI is InChI=1S/C22H21FN4O3/c23-16-2-4-17(5-3-16)27-13-22(30-21(27)29)9-7-15(8-10-22)20(28)26-19-11-14(12-24)1-6-18(19)25/h1-6,11,15H,7-10,13,25H2,(H,26,28). The summed E-state index contributed by atoms with van der Waals surface area (Å²) in [5.74, 6) is -0.765. The Bertz CT molecular complexity index is 1020. The van der Waals surface area contributed by atoms with Gasteiger partial charge in [0.1, 0.15) is 11.4 Å². The third kappa shape index (κ3) is 3.79. The molecule has 1 saturated carbocycles. The highest BCUT2D eigenvalue weighted by molar-refractivity contribution is 5.96. The molecule has 2 aromatic rings. The predicted molar refractivity (Wildman–Crippen MR) is 109 cm³/mol. The summed E-state index contributed by atoms with van der Waals surface area (Å²) in [6.07, 6.45) is 1.79. The number of hydrogen-bond donors (Lipinski definition) is 2. The van der Waals surface area contributed by atoms with Gasteiger partial charge in [0.25, 0.3) is 0 Å². The van der Waals surface area contributed by atoms with Crippen molar-refractivity contribution >= 4 is 29.1 Å². The third-order valence-corrected chi connectivity index (χ3v) is 5.82. The molecule has 0 aromatic heterocycles. The quantitative estimate of drug-likeness (QED) is 0.751. The van der Waals surface area contributed by atoms with Gasteiger partial charge in [-0.25, -0.2) is 9.18 Å². The van der Waals surface area contributed by atoms with E-state index in [2.05, 4.69) is 5.32 Å². The first-order chi connectivity index (χ1) is 14.4. The highest BCUT2D eigenvalue weighted by Crippen LogP contribution is 2.41. The molecule has 0 radical (unpaired) electrons. The van der Waals surface area contributed by atoms with Crippen molar-refractivity contribution in [3.05, 3.63) is 53.8 Å². The minimum Gasteiger partial charge on any atom is -0.441 e. The summed E-state index contributed by atoms with van der Waals surface area (Å²) in [6, 6.07) is 12.5. The van der Waals surface area contributed by atoms with Crippen molar-refractivity contribution in [2.24, 2.45) is 5.92 Å². The van der Waals surface area contributed by atoms with E-state index in [1.165, 1.54) is 17.0 Å². The van der Waals surface area contributed by atoms with Crippen molar-refractivity contribution in [2.75, 3.05) is 22.5 Å². The van der Waals surface area contributed by atoms with Gasteiger partial charge in [-0.05, 0) is 68.1 Å². The van der Waals surface area contributed by atoms with Crippen LogP contribution in [0.2, 0.25) is 0 Å². The molecule has 3 N–H and O–H groups in total. The number of benzene rings is 2. The second-order valence-electron chi connectivity index (χ2n) is 7.79. The zero-order chi connectivity index (χ0) is 21.3. The Labute approximate surface area is 173 Å². The van der Waals surface area contributed by atoms with E-state index in [1.807, 2.05) is 6.07 Å². The van der Waals surface area contributed by atoms with Gasteiger partial charge in [-0.3, -0.25) is 9.69 Å². The molecule has 7 nitrogen and oxygen atoms in total. The fourth-order valence-corrected chi connectivity index (χ4v) is 4.08. The highest BCUT2D eigenvalue weighted by atomic mass is 19.1. The Morgan fingerprint density at radius 2 is 1.93 bits per heavy atom. The van der Waals surface area contributed by atoms with Crippen LogP contribution in [0.15, 0.2) is 42.5 Å². The molecule has 1 aliphatic carbocycles. The van der Waals surface area contributed by atoms with Crippen molar-refractivity contribution in [3.63, 3.8) is 0 Å². The van der Waals surface area contributed by atoms with Crippen LogP contribution in [0.5, 0.6) is 0 Å². The number of hydrogen-bond acceptors (Lipinski definition) is 5. The Morgan fingerprint density at radius 1 is 1.23 bits per heavy atom. The molecule has 1 aliphatic heterocycles. The maximum absolute atomic E-state index is 13.2. The van der Waals surface area contributed by atoms with Gasteiger partial charge in [0, 0.05) is 11.6 Å². The number of nitrogens with zero attached hydrogens (tertiary/aromatic N) is 2. The van der Waals surface area contributed by atoms with E-state index in [4.69, 9.17) is 15.7 Å². The maximum Gasteiger partial charge on any atom is 0.415 e. The predicted octanol–water partition coefficient (Wildman–Crippen LogP) is 3.80. The molecule has 0 bridgehead atoms. The Hall–Kier alpha value is -3.60. The Balaban J connectivity index is 1.39.